The lowest BCUT2D eigenvalue weighted by Gasteiger charge is -2.20. The summed E-state index contributed by atoms with van der Waals surface area (Å²) in [6.45, 7) is 2.06. The normalized spacial score (nSPS) is 13.3. The van der Waals surface area contributed by atoms with Crippen molar-refractivity contribution < 1.29 is 28.5 Å². The maximum absolute atomic E-state index is 12.9. The van der Waals surface area contributed by atoms with Crippen LogP contribution >= 0.6 is 15.9 Å². The fourth-order valence-electron chi connectivity index (χ4n) is 3.87. The molecule has 34 heavy (non-hydrogen) atoms. The molecule has 0 unspecified atom stereocenters. The summed E-state index contributed by atoms with van der Waals surface area (Å²) >= 11 is 3.63. The molecule has 0 radical (unpaired) electrons. The molecular formula is C25H31BrN2O6. The van der Waals surface area contributed by atoms with Gasteiger partial charge in [-0.3, -0.25) is 9.59 Å². The van der Waals surface area contributed by atoms with E-state index in [2.05, 4.69) is 21.2 Å². The van der Waals surface area contributed by atoms with Crippen molar-refractivity contribution in [3.8, 4) is 22.6 Å². The lowest BCUT2D eigenvalue weighted by molar-refractivity contribution is -0.127. The van der Waals surface area contributed by atoms with Crippen LogP contribution in [-0.2, 0) is 25.5 Å². The highest BCUT2D eigenvalue weighted by molar-refractivity contribution is 9.10. The molecule has 9 heteroatoms. The van der Waals surface area contributed by atoms with E-state index in [9.17, 15) is 9.59 Å². The van der Waals surface area contributed by atoms with Crippen LogP contribution in [0.15, 0.2) is 40.9 Å². The number of benzene rings is 2. The van der Waals surface area contributed by atoms with Crippen LogP contribution in [0, 0.1) is 0 Å². The van der Waals surface area contributed by atoms with Gasteiger partial charge in [0.15, 0.2) is 13.6 Å². The van der Waals surface area contributed by atoms with E-state index in [-0.39, 0.29) is 31.8 Å². The van der Waals surface area contributed by atoms with Crippen molar-refractivity contribution in [3.05, 3.63) is 46.4 Å². The first-order valence-electron chi connectivity index (χ1n) is 11.2. The zero-order valence-electron chi connectivity index (χ0n) is 19.6. The number of hydrogen-bond acceptors (Lipinski definition) is 6. The highest BCUT2D eigenvalue weighted by Gasteiger charge is 2.23. The number of amides is 2. The largest absolute Gasteiger partial charge is 0.467 e. The molecule has 2 amide bonds. The fraction of sp³-hybridized carbons (Fsp3) is 0.440. The van der Waals surface area contributed by atoms with Crippen molar-refractivity contribution >= 4 is 27.7 Å². The van der Waals surface area contributed by atoms with Gasteiger partial charge in [-0.15, -0.1) is 0 Å². The van der Waals surface area contributed by atoms with E-state index in [1.807, 2.05) is 35.2 Å². The van der Waals surface area contributed by atoms with Gasteiger partial charge in [-0.2, -0.15) is 0 Å². The fourth-order valence-corrected chi connectivity index (χ4v) is 4.44. The highest BCUT2D eigenvalue weighted by atomic mass is 79.9. The number of methoxy groups -OCH3 is 2. The SMILES string of the molecule is COCOc1cc(OCOC)c(-c2ccccc2)c(CC(=O)NCCCN2CCCC2=O)c1Br. The number of likely N-dealkylation sites (tertiary alicyclic amines) is 1. The zero-order chi connectivity index (χ0) is 24.3. The Bertz CT molecular complexity index is 970. The molecule has 1 N–H and O–H groups in total. The zero-order valence-corrected chi connectivity index (χ0v) is 21.2. The molecule has 0 bridgehead atoms. The van der Waals surface area contributed by atoms with E-state index in [0.29, 0.717) is 41.9 Å². The highest BCUT2D eigenvalue weighted by Crippen LogP contribution is 2.43. The Labute approximate surface area is 208 Å². The number of carbonyl (C=O) groups excluding carboxylic acids is 2. The number of halogens is 1. The molecule has 2 aromatic carbocycles. The molecule has 1 saturated heterocycles. The Balaban J connectivity index is 1.82. The van der Waals surface area contributed by atoms with Gasteiger partial charge in [0.25, 0.3) is 0 Å². The second-order valence-electron chi connectivity index (χ2n) is 7.87. The van der Waals surface area contributed by atoms with Crippen LogP contribution in [-0.4, -0.2) is 64.2 Å². The molecule has 0 spiro atoms. The van der Waals surface area contributed by atoms with Gasteiger partial charge in [0.2, 0.25) is 11.8 Å². The van der Waals surface area contributed by atoms with Crippen molar-refractivity contribution in [3.63, 3.8) is 0 Å². The van der Waals surface area contributed by atoms with Crippen LogP contribution in [0.3, 0.4) is 0 Å². The van der Waals surface area contributed by atoms with Crippen molar-refractivity contribution in [1.82, 2.24) is 10.2 Å². The summed E-state index contributed by atoms with van der Waals surface area (Å²) in [6.07, 6.45) is 2.36. The molecule has 2 aromatic rings. The maximum atomic E-state index is 12.9. The Kier molecular flexibility index (Phi) is 10.2. The Morgan fingerprint density at radius 3 is 2.44 bits per heavy atom. The van der Waals surface area contributed by atoms with Gasteiger partial charge in [0.05, 0.1) is 10.9 Å². The summed E-state index contributed by atoms with van der Waals surface area (Å²) in [7, 11) is 3.09. The molecule has 1 fully saturated rings. The van der Waals surface area contributed by atoms with E-state index >= 15 is 0 Å². The van der Waals surface area contributed by atoms with Crippen molar-refractivity contribution in [1.29, 1.82) is 0 Å². The topological polar surface area (TPSA) is 86.3 Å². The molecular weight excluding hydrogens is 504 g/mol. The number of ether oxygens (including phenoxy) is 4. The van der Waals surface area contributed by atoms with Crippen molar-refractivity contribution in [2.24, 2.45) is 0 Å². The third-order valence-corrected chi connectivity index (χ3v) is 6.32. The molecule has 0 atom stereocenters. The molecule has 3 rings (SSSR count). The minimum atomic E-state index is -0.132. The first kappa shape index (κ1) is 26.0. The summed E-state index contributed by atoms with van der Waals surface area (Å²) in [5.41, 5.74) is 2.42. The Morgan fingerprint density at radius 1 is 1.09 bits per heavy atom. The number of nitrogens with zero attached hydrogens (tertiary/aromatic N) is 1. The summed E-state index contributed by atoms with van der Waals surface area (Å²) in [6, 6.07) is 11.5. The quantitative estimate of drug-likeness (QED) is 0.311. The van der Waals surface area contributed by atoms with E-state index in [0.717, 1.165) is 29.7 Å². The molecule has 8 nitrogen and oxygen atoms in total. The Hall–Kier alpha value is -2.62. The maximum Gasteiger partial charge on any atom is 0.224 e. The summed E-state index contributed by atoms with van der Waals surface area (Å²) < 4.78 is 22.4. The second-order valence-corrected chi connectivity index (χ2v) is 8.67. The molecule has 184 valence electrons. The van der Waals surface area contributed by atoms with E-state index in [1.165, 1.54) is 0 Å². The number of carbonyl (C=O) groups is 2. The van der Waals surface area contributed by atoms with Crippen LogP contribution in [0.2, 0.25) is 0 Å². The first-order valence-corrected chi connectivity index (χ1v) is 12.0. The smallest absolute Gasteiger partial charge is 0.224 e. The molecule has 0 aromatic heterocycles. The average molecular weight is 535 g/mol. The average Bonchev–Trinajstić information content (AvgIpc) is 3.26. The van der Waals surface area contributed by atoms with E-state index in [1.54, 1.807) is 20.3 Å². The van der Waals surface area contributed by atoms with Crippen LogP contribution < -0.4 is 14.8 Å². The van der Waals surface area contributed by atoms with Crippen LogP contribution in [0.25, 0.3) is 11.1 Å². The van der Waals surface area contributed by atoms with Gasteiger partial charge in [-0.05, 0) is 39.9 Å². The van der Waals surface area contributed by atoms with Crippen LogP contribution in [0.1, 0.15) is 24.8 Å². The third kappa shape index (κ3) is 6.94. The van der Waals surface area contributed by atoms with Gasteiger partial charge in [0, 0.05) is 51.9 Å². The van der Waals surface area contributed by atoms with E-state index < -0.39 is 0 Å². The van der Waals surface area contributed by atoms with Gasteiger partial charge in [-0.1, -0.05) is 30.3 Å². The monoisotopic (exact) mass is 534 g/mol. The molecule has 1 aliphatic heterocycles. The summed E-state index contributed by atoms with van der Waals surface area (Å²) in [5.74, 6) is 1.10. The number of nitrogens with one attached hydrogen (secondary N) is 1. The van der Waals surface area contributed by atoms with Crippen molar-refractivity contribution in [2.75, 3.05) is 47.4 Å². The standard InChI is InChI=1S/C25H31BrN2O6/c1-31-16-33-20-15-21(34-17-32-2)25(26)19(24(20)18-8-4-3-5-9-18)14-22(29)27-11-7-13-28-12-6-10-23(28)30/h3-5,8-9,15H,6-7,10-14,16-17H2,1-2H3,(H,27,29). The van der Waals surface area contributed by atoms with Crippen LogP contribution in [0.4, 0.5) is 0 Å². The minimum absolute atomic E-state index is 0.0477. The molecule has 1 heterocycles. The molecule has 0 saturated carbocycles. The van der Waals surface area contributed by atoms with Gasteiger partial charge in [-0.25, -0.2) is 0 Å². The Morgan fingerprint density at radius 2 is 1.79 bits per heavy atom. The van der Waals surface area contributed by atoms with Gasteiger partial charge >= 0.3 is 0 Å². The van der Waals surface area contributed by atoms with Crippen LogP contribution in [0.5, 0.6) is 11.5 Å². The van der Waals surface area contributed by atoms with E-state index in [4.69, 9.17) is 18.9 Å². The van der Waals surface area contributed by atoms with Crippen molar-refractivity contribution in [2.45, 2.75) is 25.7 Å². The number of hydrogen-bond donors (Lipinski definition) is 1. The van der Waals surface area contributed by atoms with Gasteiger partial charge < -0.3 is 29.2 Å². The number of rotatable bonds is 13. The lowest BCUT2D eigenvalue weighted by Crippen LogP contribution is -2.31. The minimum Gasteiger partial charge on any atom is -0.467 e. The first-order chi connectivity index (χ1) is 16.5. The summed E-state index contributed by atoms with van der Waals surface area (Å²) in [5, 5.41) is 2.97. The third-order valence-electron chi connectivity index (χ3n) is 5.45. The molecule has 1 aliphatic rings. The summed E-state index contributed by atoms with van der Waals surface area (Å²) in [4.78, 5) is 26.5. The molecule has 0 aliphatic carbocycles. The van der Waals surface area contributed by atoms with Gasteiger partial charge in [0.1, 0.15) is 11.5 Å². The predicted molar refractivity (Wildman–Crippen MR) is 132 cm³/mol. The predicted octanol–water partition coefficient (Wildman–Crippen LogP) is 3.75. The lowest BCUT2D eigenvalue weighted by atomic mass is 9.95. The second kappa shape index (κ2) is 13.3.